The molecular formula is C10H16N4O. The van der Waals surface area contributed by atoms with E-state index in [1.165, 1.54) is 0 Å². The van der Waals surface area contributed by atoms with E-state index in [1.807, 2.05) is 0 Å². The van der Waals surface area contributed by atoms with E-state index in [9.17, 15) is 4.79 Å². The molecule has 0 unspecified atom stereocenters. The van der Waals surface area contributed by atoms with Crippen molar-refractivity contribution in [1.82, 2.24) is 5.32 Å². The number of carbonyl (C=O) groups is 1. The Hall–Kier alpha value is -1.65. The van der Waals surface area contributed by atoms with Crippen molar-refractivity contribution in [2.24, 2.45) is 21.6 Å². The van der Waals surface area contributed by atoms with Crippen molar-refractivity contribution >= 4 is 18.5 Å². The second-order valence-electron chi connectivity index (χ2n) is 3.50. The van der Waals surface area contributed by atoms with E-state index in [0.29, 0.717) is 17.2 Å². The zero-order valence-electron chi connectivity index (χ0n) is 9.08. The fourth-order valence-corrected chi connectivity index (χ4v) is 1.11. The molecule has 0 aromatic rings. The Morgan fingerprint density at radius 2 is 2.13 bits per heavy atom. The molecule has 0 aromatic heterocycles. The third-order valence-electron chi connectivity index (χ3n) is 2.33. The predicted octanol–water partition coefficient (Wildman–Crippen LogP) is 0.432. The smallest absolute Gasteiger partial charge is 0.228 e. The van der Waals surface area contributed by atoms with Crippen LogP contribution in [0.2, 0.25) is 0 Å². The minimum atomic E-state index is -0.0133. The van der Waals surface area contributed by atoms with Crippen LogP contribution in [0.3, 0.4) is 0 Å². The van der Waals surface area contributed by atoms with Crippen molar-refractivity contribution in [2.75, 3.05) is 7.05 Å². The molecule has 0 aromatic carbocycles. The Morgan fingerprint density at radius 1 is 1.53 bits per heavy atom. The summed E-state index contributed by atoms with van der Waals surface area (Å²) in [5, 5.41) is 2.69. The van der Waals surface area contributed by atoms with Crippen LogP contribution >= 0.6 is 0 Å². The highest BCUT2D eigenvalue weighted by Gasteiger charge is 2.30. The maximum Gasteiger partial charge on any atom is 0.228 e. The number of rotatable bonds is 4. The Labute approximate surface area is 89.2 Å². The monoisotopic (exact) mass is 208 g/mol. The number of hydrogen-bond donors (Lipinski definition) is 2. The molecule has 0 heterocycles. The number of aliphatic imine (C=N–C) groups is 2. The van der Waals surface area contributed by atoms with Crippen LogP contribution in [0.4, 0.5) is 0 Å². The number of nitrogens with one attached hydrogen (secondary N) is 1. The third kappa shape index (κ3) is 2.90. The fraction of sp³-hybridized carbons (Fsp3) is 0.500. The summed E-state index contributed by atoms with van der Waals surface area (Å²) in [6.07, 6.45) is 1.90. The topological polar surface area (TPSA) is 79.8 Å². The van der Waals surface area contributed by atoms with Crippen molar-refractivity contribution < 1.29 is 4.79 Å². The molecule has 0 radical (unpaired) electrons. The molecule has 15 heavy (non-hydrogen) atoms. The zero-order valence-corrected chi connectivity index (χ0v) is 9.08. The molecule has 0 atom stereocenters. The van der Waals surface area contributed by atoms with Gasteiger partial charge in [0.05, 0.1) is 0 Å². The summed E-state index contributed by atoms with van der Waals surface area (Å²) in [5.74, 6) is 0.874. The van der Waals surface area contributed by atoms with Crippen LogP contribution in [0.25, 0.3) is 0 Å². The van der Waals surface area contributed by atoms with Crippen LogP contribution in [0.15, 0.2) is 21.4 Å². The average molecular weight is 208 g/mol. The van der Waals surface area contributed by atoms with Crippen LogP contribution in [0, 0.1) is 5.92 Å². The van der Waals surface area contributed by atoms with Crippen molar-refractivity contribution in [1.29, 1.82) is 0 Å². The molecule has 3 N–H and O–H groups in total. The van der Waals surface area contributed by atoms with Gasteiger partial charge in [-0.15, -0.1) is 0 Å². The summed E-state index contributed by atoms with van der Waals surface area (Å²) in [7, 11) is 1.59. The minimum Gasteiger partial charge on any atom is -0.384 e. The van der Waals surface area contributed by atoms with E-state index >= 15 is 0 Å². The number of nitrogens with two attached hydrogens (primary N) is 1. The van der Waals surface area contributed by atoms with E-state index in [-0.39, 0.29) is 11.8 Å². The van der Waals surface area contributed by atoms with Gasteiger partial charge in [0.15, 0.2) is 0 Å². The molecule has 0 aliphatic heterocycles. The summed E-state index contributed by atoms with van der Waals surface area (Å²) in [4.78, 5) is 19.0. The first-order valence-corrected chi connectivity index (χ1v) is 4.81. The first-order chi connectivity index (χ1) is 7.10. The maximum absolute atomic E-state index is 11.5. The van der Waals surface area contributed by atoms with E-state index < -0.39 is 0 Å². The van der Waals surface area contributed by atoms with Gasteiger partial charge in [-0.1, -0.05) is 0 Å². The Morgan fingerprint density at radius 3 is 2.53 bits per heavy atom. The van der Waals surface area contributed by atoms with Gasteiger partial charge in [0.2, 0.25) is 5.91 Å². The summed E-state index contributed by atoms with van der Waals surface area (Å²) in [6.45, 7) is 5.15. The van der Waals surface area contributed by atoms with Gasteiger partial charge in [-0.3, -0.25) is 9.79 Å². The van der Waals surface area contributed by atoms with E-state index in [0.717, 1.165) is 12.8 Å². The molecule has 82 valence electrons. The Balaban J connectivity index is 2.77. The lowest BCUT2D eigenvalue weighted by Crippen LogP contribution is -2.27. The van der Waals surface area contributed by atoms with Crippen LogP contribution in [0.1, 0.15) is 19.8 Å². The molecule has 5 nitrogen and oxygen atoms in total. The maximum atomic E-state index is 11.5. The molecule has 0 saturated heterocycles. The molecule has 1 aliphatic carbocycles. The highest BCUT2D eigenvalue weighted by molar-refractivity contribution is 5.97. The van der Waals surface area contributed by atoms with Crippen LogP contribution in [-0.2, 0) is 4.79 Å². The molecule has 0 bridgehead atoms. The van der Waals surface area contributed by atoms with Gasteiger partial charge in [-0.25, -0.2) is 4.99 Å². The number of carbonyl (C=O) groups excluding carboxylic acids is 1. The fourth-order valence-electron chi connectivity index (χ4n) is 1.11. The van der Waals surface area contributed by atoms with Crippen molar-refractivity contribution in [3.63, 3.8) is 0 Å². The van der Waals surface area contributed by atoms with E-state index in [1.54, 1.807) is 14.0 Å². The second-order valence-corrected chi connectivity index (χ2v) is 3.50. The standard InChI is InChI=1S/C10H16N4O/c1-6(8(11)12-2)9(13-3)14-10(15)7-4-5-7/h7H,3-5H2,1-2H3,(H2,11,12)(H,14,15)/b9-6+. The molecule has 1 aliphatic rings. The lowest BCUT2D eigenvalue weighted by Gasteiger charge is -2.08. The van der Waals surface area contributed by atoms with Gasteiger partial charge in [0.1, 0.15) is 11.7 Å². The van der Waals surface area contributed by atoms with Gasteiger partial charge < -0.3 is 11.1 Å². The Kier molecular flexibility index (Phi) is 3.60. The lowest BCUT2D eigenvalue weighted by molar-refractivity contribution is -0.121. The number of nitrogens with zero attached hydrogens (tertiary/aromatic N) is 2. The quantitative estimate of drug-likeness (QED) is 0.519. The highest BCUT2D eigenvalue weighted by Crippen LogP contribution is 2.29. The lowest BCUT2D eigenvalue weighted by atomic mass is 10.2. The van der Waals surface area contributed by atoms with Crippen LogP contribution in [-0.4, -0.2) is 25.5 Å². The van der Waals surface area contributed by atoms with E-state index in [4.69, 9.17) is 5.73 Å². The summed E-state index contributed by atoms with van der Waals surface area (Å²) < 4.78 is 0. The van der Waals surface area contributed by atoms with Gasteiger partial charge in [-0.05, 0) is 26.5 Å². The molecular weight excluding hydrogens is 192 g/mol. The SMILES string of the molecule is C=N/C(NC(=O)C1CC1)=C(C)\C(N)=N/C. The van der Waals surface area contributed by atoms with E-state index in [2.05, 4.69) is 22.0 Å². The molecule has 1 amide bonds. The summed E-state index contributed by atoms with van der Waals surface area (Å²) in [6, 6.07) is 0. The van der Waals surface area contributed by atoms with Crippen LogP contribution in [0.5, 0.6) is 0 Å². The molecule has 0 spiro atoms. The summed E-state index contributed by atoms with van der Waals surface area (Å²) in [5.41, 5.74) is 6.25. The molecule has 1 fully saturated rings. The van der Waals surface area contributed by atoms with Crippen molar-refractivity contribution in [3.8, 4) is 0 Å². The average Bonchev–Trinajstić information content (AvgIpc) is 3.06. The van der Waals surface area contributed by atoms with Crippen molar-refractivity contribution in [2.45, 2.75) is 19.8 Å². The Bertz CT molecular complexity index is 339. The minimum absolute atomic E-state index is 0.0133. The number of amidine groups is 1. The van der Waals surface area contributed by atoms with Crippen LogP contribution < -0.4 is 11.1 Å². The first kappa shape index (κ1) is 11.4. The molecule has 1 rings (SSSR count). The van der Waals surface area contributed by atoms with Gasteiger partial charge in [0, 0.05) is 18.5 Å². The second kappa shape index (κ2) is 4.72. The molecule has 1 saturated carbocycles. The van der Waals surface area contributed by atoms with Gasteiger partial charge >= 0.3 is 0 Å². The zero-order chi connectivity index (χ0) is 11.4. The predicted molar refractivity (Wildman–Crippen MR) is 60.7 cm³/mol. The largest absolute Gasteiger partial charge is 0.384 e. The third-order valence-corrected chi connectivity index (χ3v) is 2.33. The highest BCUT2D eigenvalue weighted by atomic mass is 16.2. The number of amides is 1. The number of hydrogen-bond acceptors (Lipinski definition) is 3. The van der Waals surface area contributed by atoms with Crippen molar-refractivity contribution in [3.05, 3.63) is 11.4 Å². The molecule has 5 heteroatoms. The van der Waals surface area contributed by atoms with Gasteiger partial charge in [0.25, 0.3) is 0 Å². The normalized spacial score (nSPS) is 18.1. The van der Waals surface area contributed by atoms with Gasteiger partial charge in [-0.2, -0.15) is 0 Å². The first-order valence-electron chi connectivity index (χ1n) is 4.81. The summed E-state index contributed by atoms with van der Waals surface area (Å²) >= 11 is 0.